The number of allylic oxidation sites excluding steroid dienone is 8. The molecule has 9 heteroatoms. The SMILES string of the molecule is C#CC(F)(F)[C@]1(O)CCC2C3CCC4=CC(=O)CCC4=C3C(c3ccc(CCCCCCC)cc3)C[C@@]21C.C#CC(F)(F)[C@]1(O)CCC2C3CCC4=CC(=O)CCC4=C3C(c3ccc(SC)cc3)C[C@@]21C. The molecule has 378 valence electrons. The molecule has 10 atom stereocenters. The fourth-order valence-electron chi connectivity index (χ4n) is 15.9. The van der Waals surface area contributed by atoms with Crippen LogP contribution in [0.15, 0.2) is 99.0 Å². The van der Waals surface area contributed by atoms with Crippen LogP contribution < -0.4 is 0 Å². The van der Waals surface area contributed by atoms with Crippen LogP contribution in [-0.2, 0) is 16.0 Å². The van der Waals surface area contributed by atoms with Gasteiger partial charge in [0.25, 0.3) is 0 Å². The molecule has 4 fully saturated rings. The Morgan fingerprint density at radius 1 is 0.634 bits per heavy atom. The highest BCUT2D eigenvalue weighted by molar-refractivity contribution is 7.98. The molecule has 4 saturated carbocycles. The molecule has 0 amide bonds. The molecule has 0 spiro atoms. The van der Waals surface area contributed by atoms with Gasteiger partial charge < -0.3 is 10.2 Å². The van der Waals surface area contributed by atoms with Gasteiger partial charge in [-0.15, -0.1) is 24.6 Å². The predicted octanol–water partition coefficient (Wildman–Crippen LogP) is 14.4. The van der Waals surface area contributed by atoms with E-state index in [1.807, 2.05) is 26.2 Å². The highest BCUT2D eigenvalue weighted by Crippen LogP contribution is 2.71. The van der Waals surface area contributed by atoms with Crippen molar-refractivity contribution in [3.05, 3.63) is 111 Å². The van der Waals surface area contributed by atoms with Gasteiger partial charge in [-0.1, -0.05) is 94.0 Å². The second-order valence-electron chi connectivity index (χ2n) is 22.9. The molecular formula is C62H72F4O4S. The molecule has 0 saturated heterocycles. The molecule has 0 aliphatic heterocycles. The Balaban J connectivity index is 0.000000177. The van der Waals surface area contributed by atoms with Gasteiger partial charge >= 0.3 is 11.8 Å². The molecule has 71 heavy (non-hydrogen) atoms. The fraction of sp³-hybridized carbons (Fsp3) is 0.581. The summed E-state index contributed by atoms with van der Waals surface area (Å²) >= 11 is 1.67. The summed E-state index contributed by atoms with van der Waals surface area (Å²) < 4.78 is 60.6. The van der Waals surface area contributed by atoms with Crippen molar-refractivity contribution in [2.75, 3.05) is 6.26 Å². The number of hydrogen-bond donors (Lipinski definition) is 2. The summed E-state index contributed by atoms with van der Waals surface area (Å²) in [5, 5.41) is 23.1. The second-order valence-corrected chi connectivity index (χ2v) is 23.8. The number of carbonyl (C=O) groups is 2. The summed E-state index contributed by atoms with van der Waals surface area (Å²) in [6.07, 6.45) is 31.2. The number of ketones is 2. The van der Waals surface area contributed by atoms with Gasteiger partial charge in [-0.3, -0.25) is 9.59 Å². The van der Waals surface area contributed by atoms with Crippen molar-refractivity contribution in [2.24, 2.45) is 34.5 Å². The van der Waals surface area contributed by atoms with Gasteiger partial charge in [0.15, 0.2) is 11.6 Å². The highest BCUT2D eigenvalue weighted by atomic mass is 32.2. The van der Waals surface area contributed by atoms with E-state index in [0.717, 1.165) is 72.1 Å². The van der Waals surface area contributed by atoms with Gasteiger partial charge in [-0.2, -0.15) is 17.6 Å². The lowest BCUT2D eigenvalue weighted by molar-refractivity contribution is -0.209. The van der Waals surface area contributed by atoms with Crippen molar-refractivity contribution in [3.63, 3.8) is 0 Å². The van der Waals surface area contributed by atoms with E-state index in [-0.39, 0.29) is 59.9 Å². The molecule has 0 aromatic heterocycles. The Hall–Kier alpha value is -4.15. The Bertz CT molecular complexity index is 2630. The highest BCUT2D eigenvalue weighted by Gasteiger charge is 2.72. The minimum atomic E-state index is -3.58. The lowest BCUT2D eigenvalue weighted by Crippen LogP contribution is -2.60. The molecule has 0 bridgehead atoms. The van der Waals surface area contributed by atoms with Crippen LogP contribution in [0.25, 0.3) is 0 Å². The van der Waals surface area contributed by atoms with Crippen LogP contribution in [0.5, 0.6) is 0 Å². The van der Waals surface area contributed by atoms with Gasteiger partial charge in [-0.25, -0.2) is 0 Å². The topological polar surface area (TPSA) is 74.6 Å². The first kappa shape index (κ1) is 51.7. The molecular weight excluding hydrogens is 917 g/mol. The van der Waals surface area contributed by atoms with Crippen LogP contribution in [0.3, 0.4) is 0 Å². The summed E-state index contributed by atoms with van der Waals surface area (Å²) in [4.78, 5) is 25.5. The largest absolute Gasteiger partial charge is 0.382 e. The first-order valence-electron chi connectivity index (χ1n) is 26.6. The number of alkyl halides is 4. The fourth-order valence-corrected chi connectivity index (χ4v) is 16.3. The standard InChI is InChI=1S/C34H42F2O2.C28H30F2O2S/c1-4-6-7-8-9-10-23-11-13-24(14-12-23)29-22-32(3)30(19-20-33(32,38)34(35,36)5-2)28-17-15-25-21-26(37)16-18-27(25)31(28)29;1-4-28(29,30)27(32)14-13-24-22-11-7-18-15-19(31)8-12-21(18)25(22)23(16-26(24,27)2)17-5-9-20(33-3)10-6-17/h2,11-14,21,28-30,38H,4,6-10,15-20,22H2,1,3H3;1,5-6,9-10,15,22-24,32H,7-8,11-14,16H2,2-3H3/t28?,29?,30?,32-,33-;22?,23?,24?,26-,27-/m00/s1. The number of aryl methyl sites for hydroxylation is 1. The number of benzene rings is 2. The zero-order valence-electron chi connectivity index (χ0n) is 42.2. The average Bonchev–Trinajstić information content (AvgIpc) is 3.82. The zero-order chi connectivity index (χ0) is 50.7. The molecule has 2 aromatic carbocycles. The van der Waals surface area contributed by atoms with Gasteiger partial charge in [0, 0.05) is 40.4 Å². The van der Waals surface area contributed by atoms with E-state index in [4.69, 9.17) is 12.8 Å². The number of carbonyl (C=O) groups excluding carboxylic acids is 2. The number of thioether (sulfide) groups is 1. The van der Waals surface area contributed by atoms with E-state index >= 15 is 17.6 Å². The first-order valence-corrected chi connectivity index (χ1v) is 27.8. The van der Waals surface area contributed by atoms with E-state index < -0.39 is 33.9 Å². The third-order valence-corrected chi connectivity index (χ3v) is 20.4. The van der Waals surface area contributed by atoms with Crippen LogP contribution in [0.1, 0.15) is 171 Å². The van der Waals surface area contributed by atoms with Gasteiger partial charge in [-0.05, 0) is 195 Å². The third kappa shape index (κ3) is 8.58. The van der Waals surface area contributed by atoms with Crippen molar-refractivity contribution >= 4 is 23.3 Å². The zero-order valence-corrected chi connectivity index (χ0v) is 43.0. The van der Waals surface area contributed by atoms with Crippen LogP contribution in [0, 0.1) is 59.2 Å². The lowest BCUT2D eigenvalue weighted by atomic mass is 9.50. The summed E-state index contributed by atoms with van der Waals surface area (Å²) in [5.74, 6) is -3.49. The Kier molecular flexibility index (Phi) is 14.3. The first-order chi connectivity index (χ1) is 33.8. The lowest BCUT2D eigenvalue weighted by Gasteiger charge is -2.55. The molecule has 4 nitrogen and oxygen atoms in total. The predicted molar refractivity (Wildman–Crippen MR) is 275 cm³/mol. The number of rotatable bonds is 11. The Morgan fingerprint density at radius 3 is 1.49 bits per heavy atom. The van der Waals surface area contributed by atoms with Crippen LogP contribution in [0.2, 0.25) is 0 Å². The minimum Gasteiger partial charge on any atom is -0.382 e. The number of fused-ring (bicyclic) bond motifs is 8. The monoisotopic (exact) mass is 989 g/mol. The molecule has 8 aliphatic rings. The average molecular weight is 989 g/mol. The van der Waals surface area contributed by atoms with E-state index in [2.05, 4.69) is 55.5 Å². The minimum absolute atomic E-state index is 0.0177. The molecule has 0 heterocycles. The number of halogens is 4. The number of aliphatic hydroxyl groups is 2. The summed E-state index contributed by atoms with van der Waals surface area (Å²) in [5.41, 5.74) is 4.61. The Morgan fingerprint density at radius 2 is 1.07 bits per heavy atom. The van der Waals surface area contributed by atoms with E-state index in [0.29, 0.717) is 38.5 Å². The summed E-state index contributed by atoms with van der Waals surface area (Å²) in [7, 11) is 0. The van der Waals surface area contributed by atoms with E-state index in [1.165, 1.54) is 60.0 Å². The summed E-state index contributed by atoms with van der Waals surface area (Å²) in [6.45, 7) is 5.94. The van der Waals surface area contributed by atoms with Crippen LogP contribution in [0.4, 0.5) is 17.6 Å². The maximum Gasteiger partial charge on any atom is 0.336 e. The smallest absolute Gasteiger partial charge is 0.336 e. The third-order valence-electron chi connectivity index (χ3n) is 19.6. The van der Waals surface area contributed by atoms with E-state index in [9.17, 15) is 19.8 Å². The molecule has 8 aliphatic carbocycles. The maximum absolute atomic E-state index is 15.2. The van der Waals surface area contributed by atoms with Crippen LogP contribution in [-0.4, -0.2) is 51.1 Å². The maximum atomic E-state index is 15.2. The van der Waals surface area contributed by atoms with E-state index in [1.54, 1.807) is 29.7 Å². The van der Waals surface area contributed by atoms with Gasteiger partial charge in [0.05, 0.1) is 0 Å². The Labute approximate surface area is 424 Å². The molecule has 2 N–H and O–H groups in total. The van der Waals surface area contributed by atoms with Crippen LogP contribution >= 0.6 is 11.8 Å². The normalized spacial score (nSPS) is 34.3. The van der Waals surface area contributed by atoms with Crippen molar-refractivity contribution < 1.29 is 37.4 Å². The molecule has 0 radical (unpaired) electrons. The van der Waals surface area contributed by atoms with Gasteiger partial charge in [0.2, 0.25) is 0 Å². The van der Waals surface area contributed by atoms with Crippen molar-refractivity contribution in [1.29, 1.82) is 0 Å². The summed E-state index contributed by atoms with van der Waals surface area (Å²) in [6, 6.07) is 17.1. The van der Waals surface area contributed by atoms with Crippen molar-refractivity contribution in [2.45, 2.75) is 189 Å². The second kappa shape index (κ2) is 19.6. The number of hydrogen-bond acceptors (Lipinski definition) is 5. The molecule has 10 rings (SSSR count). The number of unbranched alkanes of at least 4 members (excludes halogenated alkanes) is 4. The number of terminal acetylenes is 2. The van der Waals surface area contributed by atoms with Crippen molar-refractivity contribution in [3.8, 4) is 24.7 Å². The molecule has 2 aromatic rings. The molecule has 6 unspecified atom stereocenters. The van der Waals surface area contributed by atoms with Gasteiger partial charge in [0.1, 0.15) is 11.2 Å². The quantitative estimate of drug-likeness (QED) is 0.102. The van der Waals surface area contributed by atoms with Crippen molar-refractivity contribution in [1.82, 2.24) is 0 Å².